The second-order valence-electron chi connectivity index (χ2n) is 3.26. The van der Waals surface area contributed by atoms with E-state index in [0.29, 0.717) is 6.07 Å². The molecule has 0 fully saturated rings. The molecule has 1 aromatic rings. The first-order valence-electron chi connectivity index (χ1n) is 4.56. The SMILES string of the molecule is N#Cc1cc(CN)c(S(=O)(=O)Cl)c(OC(F)(F)F)c1. The van der Waals surface area contributed by atoms with Gasteiger partial charge in [-0.2, -0.15) is 5.26 Å². The summed E-state index contributed by atoms with van der Waals surface area (Å²) in [6.45, 7) is -0.426. The molecule has 0 atom stereocenters. The van der Waals surface area contributed by atoms with Crippen molar-refractivity contribution in [3.05, 3.63) is 23.3 Å². The fraction of sp³-hybridized carbons (Fsp3) is 0.222. The van der Waals surface area contributed by atoms with Gasteiger partial charge in [-0.05, 0) is 17.7 Å². The van der Waals surface area contributed by atoms with Gasteiger partial charge in [-0.3, -0.25) is 0 Å². The molecule has 0 aliphatic heterocycles. The van der Waals surface area contributed by atoms with Crippen LogP contribution in [-0.2, 0) is 15.6 Å². The van der Waals surface area contributed by atoms with Crippen LogP contribution in [0.25, 0.3) is 0 Å². The Balaban J connectivity index is 3.62. The lowest BCUT2D eigenvalue weighted by molar-refractivity contribution is -0.275. The quantitative estimate of drug-likeness (QED) is 0.859. The molecule has 2 N–H and O–H groups in total. The van der Waals surface area contributed by atoms with Crippen molar-refractivity contribution in [3.8, 4) is 11.8 Å². The number of rotatable bonds is 3. The Kier molecular flexibility index (Phi) is 4.29. The van der Waals surface area contributed by atoms with Crippen LogP contribution in [0.4, 0.5) is 13.2 Å². The number of nitrogens with zero attached hydrogens (tertiary/aromatic N) is 1. The molecule has 0 bridgehead atoms. The van der Waals surface area contributed by atoms with Crippen molar-refractivity contribution >= 4 is 19.7 Å². The Morgan fingerprint density at radius 1 is 1.42 bits per heavy atom. The summed E-state index contributed by atoms with van der Waals surface area (Å²) in [7, 11) is 0.543. The van der Waals surface area contributed by atoms with E-state index in [1.165, 1.54) is 0 Å². The van der Waals surface area contributed by atoms with Crippen molar-refractivity contribution in [2.75, 3.05) is 0 Å². The summed E-state index contributed by atoms with van der Waals surface area (Å²) in [4.78, 5) is -0.895. The van der Waals surface area contributed by atoms with Crippen LogP contribution < -0.4 is 10.5 Å². The number of ether oxygens (including phenoxy) is 1. The molecule has 5 nitrogen and oxygen atoms in total. The molecule has 0 aromatic heterocycles. The van der Waals surface area contributed by atoms with E-state index < -0.39 is 32.6 Å². The second-order valence-corrected chi connectivity index (χ2v) is 5.77. The highest BCUT2D eigenvalue weighted by atomic mass is 35.7. The number of hydrogen-bond acceptors (Lipinski definition) is 5. The van der Waals surface area contributed by atoms with Crippen LogP contribution >= 0.6 is 10.7 Å². The summed E-state index contributed by atoms with van der Waals surface area (Å²) in [5.41, 5.74) is 4.76. The number of nitrogens with two attached hydrogens (primary N) is 1. The van der Waals surface area contributed by atoms with Gasteiger partial charge in [0.2, 0.25) is 0 Å². The highest BCUT2D eigenvalue weighted by Crippen LogP contribution is 2.35. The summed E-state index contributed by atoms with van der Waals surface area (Å²) in [6, 6.07) is 3.22. The molecule has 0 aliphatic carbocycles. The molecule has 0 amide bonds. The van der Waals surface area contributed by atoms with Crippen molar-refractivity contribution in [3.63, 3.8) is 0 Å². The molecule has 0 heterocycles. The van der Waals surface area contributed by atoms with E-state index >= 15 is 0 Å². The van der Waals surface area contributed by atoms with Crippen molar-refractivity contribution < 1.29 is 26.3 Å². The van der Waals surface area contributed by atoms with Crippen LogP contribution in [0.15, 0.2) is 17.0 Å². The largest absolute Gasteiger partial charge is 0.573 e. The van der Waals surface area contributed by atoms with E-state index in [-0.39, 0.29) is 11.1 Å². The Labute approximate surface area is 110 Å². The normalized spacial score (nSPS) is 12.0. The van der Waals surface area contributed by atoms with E-state index in [4.69, 9.17) is 21.7 Å². The van der Waals surface area contributed by atoms with Crippen LogP contribution in [0.2, 0.25) is 0 Å². The summed E-state index contributed by atoms with van der Waals surface area (Å²) in [5, 5.41) is 8.66. The van der Waals surface area contributed by atoms with Crippen LogP contribution in [0.3, 0.4) is 0 Å². The third-order valence-corrected chi connectivity index (χ3v) is 3.36. The van der Waals surface area contributed by atoms with Crippen LogP contribution in [0.5, 0.6) is 5.75 Å². The second kappa shape index (κ2) is 5.24. The fourth-order valence-electron chi connectivity index (χ4n) is 1.35. The lowest BCUT2D eigenvalue weighted by atomic mass is 10.1. The number of alkyl halides is 3. The first kappa shape index (κ1) is 15.6. The van der Waals surface area contributed by atoms with Gasteiger partial charge in [0, 0.05) is 17.2 Å². The van der Waals surface area contributed by atoms with Gasteiger partial charge in [0.1, 0.15) is 4.90 Å². The smallest absolute Gasteiger partial charge is 0.404 e. The standard InChI is InChI=1S/C9H6ClF3N2O3S/c10-19(16,17)8-6(4-15)1-5(3-14)2-7(8)18-9(11,12)13/h1-2H,4,15H2. The van der Waals surface area contributed by atoms with Gasteiger partial charge in [0.15, 0.2) is 5.75 Å². The van der Waals surface area contributed by atoms with E-state index in [1.54, 1.807) is 6.07 Å². The molecule has 10 heteroatoms. The summed E-state index contributed by atoms with van der Waals surface area (Å²) in [5.74, 6) is -1.08. The maximum absolute atomic E-state index is 12.2. The zero-order valence-electron chi connectivity index (χ0n) is 9.03. The maximum Gasteiger partial charge on any atom is 0.573 e. The summed E-state index contributed by atoms with van der Waals surface area (Å²) in [6.07, 6.45) is -5.13. The van der Waals surface area contributed by atoms with Gasteiger partial charge in [-0.25, -0.2) is 8.42 Å². The monoisotopic (exact) mass is 314 g/mol. The minimum Gasteiger partial charge on any atom is -0.404 e. The lowest BCUT2D eigenvalue weighted by Gasteiger charge is -2.14. The highest BCUT2D eigenvalue weighted by Gasteiger charge is 2.35. The van der Waals surface area contributed by atoms with E-state index in [0.717, 1.165) is 6.07 Å². The molecule has 0 radical (unpaired) electrons. The molecule has 0 saturated heterocycles. The number of benzene rings is 1. The number of halogens is 4. The molecule has 0 aliphatic rings. The van der Waals surface area contributed by atoms with E-state index in [2.05, 4.69) is 4.74 Å². The number of nitriles is 1. The van der Waals surface area contributed by atoms with Gasteiger partial charge in [0.05, 0.1) is 11.6 Å². The zero-order valence-corrected chi connectivity index (χ0v) is 10.6. The topological polar surface area (TPSA) is 93.2 Å². The van der Waals surface area contributed by atoms with E-state index in [9.17, 15) is 21.6 Å². The van der Waals surface area contributed by atoms with Crippen molar-refractivity contribution in [2.24, 2.45) is 5.73 Å². The fourth-order valence-corrected chi connectivity index (χ4v) is 2.68. The van der Waals surface area contributed by atoms with Gasteiger partial charge in [-0.15, -0.1) is 13.2 Å². The first-order chi connectivity index (χ1) is 8.58. The average molecular weight is 315 g/mol. The predicted octanol–water partition coefficient (Wildman–Crippen LogP) is 1.84. The minimum atomic E-state index is -5.13. The van der Waals surface area contributed by atoms with Crippen LogP contribution in [0.1, 0.15) is 11.1 Å². The van der Waals surface area contributed by atoms with Crippen LogP contribution in [-0.4, -0.2) is 14.8 Å². The zero-order chi connectivity index (χ0) is 14.8. The Hall–Kier alpha value is -1.50. The van der Waals surface area contributed by atoms with Crippen molar-refractivity contribution in [1.29, 1.82) is 5.26 Å². The number of hydrogen-bond donors (Lipinski definition) is 1. The molecule has 19 heavy (non-hydrogen) atoms. The summed E-state index contributed by atoms with van der Waals surface area (Å²) < 4.78 is 62.8. The van der Waals surface area contributed by atoms with Gasteiger partial charge in [0.25, 0.3) is 9.05 Å². The van der Waals surface area contributed by atoms with Gasteiger partial charge < -0.3 is 10.5 Å². The van der Waals surface area contributed by atoms with Crippen molar-refractivity contribution in [2.45, 2.75) is 17.8 Å². The highest BCUT2D eigenvalue weighted by molar-refractivity contribution is 8.13. The molecule has 0 unspecified atom stereocenters. The Morgan fingerprint density at radius 3 is 2.37 bits per heavy atom. The Morgan fingerprint density at radius 2 is 2.00 bits per heavy atom. The van der Waals surface area contributed by atoms with Gasteiger partial charge >= 0.3 is 6.36 Å². The summed E-state index contributed by atoms with van der Waals surface area (Å²) >= 11 is 0. The Bertz CT molecular complexity index is 637. The molecule has 0 saturated carbocycles. The predicted molar refractivity (Wildman–Crippen MR) is 58.8 cm³/mol. The minimum absolute atomic E-state index is 0.233. The third-order valence-electron chi connectivity index (χ3n) is 1.95. The van der Waals surface area contributed by atoms with Gasteiger partial charge in [-0.1, -0.05) is 0 Å². The molecule has 1 aromatic carbocycles. The maximum atomic E-state index is 12.2. The molecule has 0 spiro atoms. The van der Waals surface area contributed by atoms with Crippen molar-refractivity contribution in [1.82, 2.24) is 0 Å². The molecule has 104 valence electrons. The molecule has 1 rings (SSSR count). The first-order valence-corrected chi connectivity index (χ1v) is 6.87. The molecular weight excluding hydrogens is 309 g/mol. The lowest BCUT2D eigenvalue weighted by Crippen LogP contribution is -2.19. The van der Waals surface area contributed by atoms with Crippen LogP contribution in [0, 0.1) is 11.3 Å². The van der Waals surface area contributed by atoms with E-state index in [1.807, 2.05) is 0 Å². The third kappa shape index (κ3) is 3.99. The average Bonchev–Trinajstić information content (AvgIpc) is 2.23. The molecular formula is C9H6ClF3N2O3S.